The molecule has 0 atom stereocenters. The molecular formula is C17H29IN4O2. The number of benzene rings is 1. The Morgan fingerprint density at radius 1 is 1.21 bits per heavy atom. The van der Waals surface area contributed by atoms with E-state index in [-0.39, 0.29) is 36.4 Å². The van der Waals surface area contributed by atoms with Gasteiger partial charge < -0.3 is 20.3 Å². The molecule has 0 aliphatic heterocycles. The fourth-order valence-electron chi connectivity index (χ4n) is 1.98. The normalized spacial score (nSPS) is 10.6. The standard InChI is InChI=1S/C17H28N4O2.HI/c1-6-18-17(20-12-15(22)21(4)5)19-10-11-23-16-13(2)8-7-9-14(16)3;/h7-9H,6,10-12H2,1-5H3,(H2,18,19,20);1H. The van der Waals surface area contributed by atoms with Crippen LogP contribution in [0.2, 0.25) is 0 Å². The predicted octanol–water partition coefficient (Wildman–Crippen LogP) is 1.94. The second-order valence-electron chi connectivity index (χ2n) is 5.48. The molecule has 0 unspecified atom stereocenters. The van der Waals surface area contributed by atoms with Crippen molar-refractivity contribution in [2.45, 2.75) is 20.8 Å². The number of carbonyl (C=O) groups is 1. The first kappa shape index (κ1) is 22.5. The number of amides is 1. The fraction of sp³-hybridized carbons (Fsp3) is 0.529. The Morgan fingerprint density at radius 2 is 1.83 bits per heavy atom. The summed E-state index contributed by atoms with van der Waals surface area (Å²) in [5.74, 6) is 1.51. The van der Waals surface area contributed by atoms with Crippen LogP contribution < -0.4 is 15.4 Å². The summed E-state index contributed by atoms with van der Waals surface area (Å²) in [5.41, 5.74) is 2.25. The number of aliphatic imine (C=N–C) groups is 1. The van der Waals surface area contributed by atoms with Crippen molar-refractivity contribution in [2.24, 2.45) is 4.99 Å². The van der Waals surface area contributed by atoms with Gasteiger partial charge in [0.2, 0.25) is 5.91 Å². The van der Waals surface area contributed by atoms with Gasteiger partial charge in [-0.25, -0.2) is 4.99 Å². The third kappa shape index (κ3) is 7.85. The van der Waals surface area contributed by atoms with Crippen LogP contribution >= 0.6 is 24.0 Å². The molecule has 0 bridgehead atoms. The van der Waals surface area contributed by atoms with E-state index in [0.29, 0.717) is 19.1 Å². The number of carbonyl (C=O) groups excluding carboxylic acids is 1. The van der Waals surface area contributed by atoms with E-state index < -0.39 is 0 Å². The molecule has 0 radical (unpaired) electrons. The first-order chi connectivity index (χ1) is 11.0. The highest BCUT2D eigenvalue weighted by Crippen LogP contribution is 2.21. The van der Waals surface area contributed by atoms with Gasteiger partial charge in [0.1, 0.15) is 18.9 Å². The minimum atomic E-state index is -0.0333. The van der Waals surface area contributed by atoms with Crippen molar-refractivity contribution < 1.29 is 9.53 Å². The van der Waals surface area contributed by atoms with Crippen LogP contribution in [0.25, 0.3) is 0 Å². The maximum atomic E-state index is 11.6. The average Bonchev–Trinajstić information content (AvgIpc) is 2.50. The Kier molecular flexibility index (Phi) is 11.2. The van der Waals surface area contributed by atoms with Crippen LogP contribution in [0.4, 0.5) is 0 Å². The first-order valence-electron chi connectivity index (χ1n) is 7.87. The molecule has 0 saturated heterocycles. The lowest BCUT2D eigenvalue weighted by atomic mass is 10.1. The second-order valence-corrected chi connectivity index (χ2v) is 5.48. The highest BCUT2D eigenvalue weighted by molar-refractivity contribution is 14.0. The van der Waals surface area contributed by atoms with Gasteiger partial charge >= 0.3 is 0 Å². The van der Waals surface area contributed by atoms with Crippen molar-refractivity contribution in [3.8, 4) is 5.75 Å². The maximum absolute atomic E-state index is 11.6. The summed E-state index contributed by atoms with van der Waals surface area (Å²) in [6, 6.07) is 6.09. The van der Waals surface area contributed by atoms with E-state index in [4.69, 9.17) is 4.74 Å². The molecule has 0 heterocycles. The molecule has 1 aromatic rings. The smallest absolute Gasteiger partial charge is 0.243 e. The number of hydrogen-bond donors (Lipinski definition) is 2. The van der Waals surface area contributed by atoms with E-state index in [1.807, 2.05) is 39.0 Å². The Bertz CT molecular complexity index is 527. The molecule has 1 amide bonds. The Balaban J connectivity index is 0.00000529. The zero-order chi connectivity index (χ0) is 17.2. The Hall–Kier alpha value is -1.51. The van der Waals surface area contributed by atoms with Crippen LogP contribution in [0, 0.1) is 13.8 Å². The van der Waals surface area contributed by atoms with Gasteiger partial charge in [-0.1, -0.05) is 18.2 Å². The summed E-state index contributed by atoms with van der Waals surface area (Å²) < 4.78 is 5.84. The lowest BCUT2D eigenvalue weighted by molar-refractivity contribution is -0.127. The third-order valence-electron chi connectivity index (χ3n) is 3.27. The predicted molar refractivity (Wildman–Crippen MR) is 110 cm³/mol. The highest BCUT2D eigenvalue weighted by atomic mass is 127. The van der Waals surface area contributed by atoms with Crippen molar-refractivity contribution in [1.29, 1.82) is 0 Å². The van der Waals surface area contributed by atoms with Gasteiger partial charge in [0.25, 0.3) is 0 Å². The molecule has 7 heteroatoms. The number of para-hydroxylation sites is 1. The van der Waals surface area contributed by atoms with E-state index in [0.717, 1.165) is 23.4 Å². The number of likely N-dealkylation sites (N-methyl/N-ethyl adjacent to an activating group) is 1. The van der Waals surface area contributed by atoms with E-state index in [1.54, 1.807) is 14.1 Å². The van der Waals surface area contributed by atoms with Crippen molar-refractivity contribution in [2.75, 3.05) is 40.3 Å². The molecule has 1 aromatic carbocycles. The summed E-state index contributed by atoms with van der Waals surface area (Å²) in [4.78, 5) is 17.4. The van der Waals surface area contributed by atoms with E-state index in [9.17, 15) is 4.79 Å². The van der Waals surface area contributed by atoms with Crippen LogP contribution in [0.15, 0.2) is 23.2 Å². The number of hydrogen-bond acceptors (Lipinski definition) is 3. The van der Waals surface area contributed by atoms with Crippen LogP contribution in [0.1, 0.15) is 18.1 Å². The molecule has 6 nitrogen and oxygen atoms in total. The van der Waals surface area contributed by atoms with Crippen molar-refractivity contribution in [1.82, 2.24) is 15.5 Å². The molecule has 0 spiro atoms. The van der Waals surface area contributed by atoms with Gasteiger partial charge in [0.15, 0.2) is 5.96 Å². The van der Waals surface area contributed by atoms with Gasteiger partial charge in [-0.15, -0.1) is 24.0 Å². The second kappa shape index (κ2) is 11.9. The molecule has 0 aliphatic rings. The summed E-state index contributed by atoms with van der Waals surface area (Å²) in [5, 5.41) is 6.28. The molecule has 0 aromatic heterocycles. The molecule has 0 fully saturated rings. The molecule has 0 saturated carbocycles. The lowest BCUT2D eigenvalue weighted by Crippen LogP contribution is -2.40. The molecule has 24 heavy (non-hydrogen) atoms. The van der Waals surface area contributed by atoms with Crippen LogP contribution in [0.5, 0.6) is 5.75 Å². The number of ether oxygens (including phenoxy) is 1. The van der Waals surface area contributed by atoms with Crippen molar-refractivity contribution in [3.05, 3.63) is 29.3 Å². The summed E-state index contributed by atoms with van der Waals surface area (Å²) in [6.45, 7) is 8.05. The van der Waals surface area contributed by atoms with Crippen LogP contribution in [-0.4, -0.2) is 57.1 Å². The fourth-order valence-corrected chi connectivity index (χ4v) is 1.98. The van der Waals surface area contributed by atoms with Gasteiger partial charge in [-0.3, -0.25) is 4.79 Å². The number of halogens is 1. The zero-order valence-electron chi connectivity index (χ0n) is 15.2. The summed E-state index contributed by atoms with van der Waals surface area (Å²) in [6.07, 6.45) is 0. The van der Waals surface area contributed by atoms with Gasteiger partial charge in [-0.2, -0.15) is 0 Å². The maximum Gasteiger partial charge on any atom is 0.243 e. The number of rotatable bonds is 7. The number of nitrogens with one attached hydrogen (secondary N) is 2. The van der Waals surface area contributed by atoms with E-state index >= 15 is 0 Å². The van der Waals surface area contributed by atoms with Gasteiger partial charge in [0, 0.05) is 20.6 Å². The zero-order valence-corrected chi connectivity index (χ0v) is 17.5. The number of aryl methyl sites for hydroxylation is 2. The molecular weight excluding hydrogens is 419 g/mol. The molecule has 2 N–H and O–H groups in total. The summed E-state index contributed by atoms with van der Waals surface area (Å²) >= 11 is 0. The van der Waals surface area contributed by atoms with E-state index in [2.05, 4.69) is 15.6 Å². The Morgan fingerprint density at radius 3 is 2.38 bits per heavy atom. The largest absolute Gasteiger partial charge is 0.491 e. The molecule has 0 aliphatic carbocycles. The molecule has 1 rings (SSSR count). The monoisotopic (exact) mass is 448 g/mol. The lowest BCUT2D eigenvalue weighted by Gasteiger charge is -2.15. The number of nitrogens with zero attached hydrogens (tertiary/aromatic N) is 2. The van der Waals surface area contributed by atoms with Crippen molar-refractivity contribution >= 4 is 35.8 Å². The van der Waals surface area contributed by atoms with E-state index in [1.165, 1.54) is 4.90 Å². The number of guanidine groups is 1. The van der Waals surface area contributed by atoms with Gasteiger partial charge in [0.05, 0.1) is 6.54 Å². The van der Waals surface area contributed by atoms with Gasteiger partial charge in [-0.05, 0) is 31.9 Å². The van der Waals surface area contributed by atoms with Crippen molar-refractivity contribution in [3.63, 3.8) is 0 Å². The van der Waals surface area contributed by atoms with Crippen LogP contribution in [0.3, 0.4) is 0 Å². The first-order valence-corrected chi connectivity index (χ1v) is 7.87. The minimum absolute atomic E-state index is 0. The molecule has 136 valence electrons. The third-order valence-corrected chi connectivity index (χ3v) is 3.27. The highest BCUT2D eigenvalue weighted by Gasteiger charge is 2.05. The minimum Gasteiger partial charge on any atom is -0.491 e. The topological polar surface area (TPSA) is 66.0 Å². The Labute approximate surface area is 162 Å². The average molecular weight is 448 g/mol. The SMILES string of the molecule is CCNC(=NCC(=O)N(C)C)NCCOc1c(C)cccc1C.I. The quantitative estimate of drug-likeness (QED) is 0.290. The van der Waals surface area contributed by atoms with Crippen LogP contribution in [-0.2, 0) is 4.79 Å². The summed E-state index contributed by atoms with van der Waals surface area (Å²) in [7, 11) is 3.44.